The molecule has 1 amide bonds. The van der Waals surface area contributed by atoms with Gasteiger partial charge in [0.15, 0.2) is 5.54 Å². The van der Waals surface area contributed by atoms with Crippen LogP contribution in [-0.2, 0) is 15.1 Å². The number of carbonyl (C=O) groups excluding carboxylic acids is 1. The SMILES string of the molecule is CC(=O)N(C(C)C)C(C(=O)O)(c1ccc(Cl)cc1)C1CC1. The number of carbonyl (C=O) groups is 2. The molecule has 0 bridgehead atoms. The number of hydrogen-bond donors (Lipinski definition) is 1. The summed E-state index contributed by atoms with van der Waals surface area (Å²) in [7, 11) is 0. The first kappa shape index (κ1) is 15.8. The monoisotopic (exact) mass is 309 g/mol. The highest BCUT2D eigenvalue weighted by atomic mass is 35.5. The third kappa shape index (κ3) is 2.64. The molecule has 5 heteroatoms. The van der Waals surface area contributed by atoms with Gasteiger partial charge in [-0.05, 0) is 50.3 Å². The number of rotatable bonds is 5. The van der Waals surface area contributed by atoms with Crippen LogP contribution in [0.2, 0.25) is 5.02 Å². The predicted molar refractivity (Wildman–Crippen MR) is 81.1 cm³/mol. The van der Waals surface area contributed by atoms with Crippen LogP contribution in [0.1, 0.15) is 39.2 Å². The molecule has 1 atom stereocenters. The molecule has 0 radical (unpaired) electrons. The smallest absolute Gasteiger partial charge is 0.334 e. The van der Waals surface area contributed by atoms with Crippen molar-refractivity contribution >= 4 is 23.5 Å². The quantitative estimate of drug-likeness (QED) is 0.908. The second kappa shape index (κ2) is 5.68. The maximum atomic E-state index is 12.2. The first-order chi connectivity index (χ1) is 9.81. The summed E-state index contributed by atoms with van der Waals surface area (Å²) in [6, 6.07) is 6.58. The molecule has 0 spiro atoms. The van der Waals surface area contributed by atoms with Gasteiger partial charge in [0.05, 0.1) is 0 Å². The van der Waals surface area contributed by atoms with E-state index in [0.717, 1.165) is 12.8 Å². The van der Waals surface area contributed by atoms with E-state index in [1.165, 1.54) is 11.8 Å². The zero-order valence-electron chi connectivity index (χ0n) is 12.5. The molecule has 1 aliphatic rings. The Morgan fingerprint density at radius 1 is 1.29 bits per heavy atom. The van der Waals surface area contributed by atoms with E-state index in [1.807, 2.05) is 13.8 Å². The second-order valence-corrected chi connectivity index (χ2v) is 6.27. The molecule has 1 fully saturated rings. The average Bonchev–Trinajstić information content (AvgIpc) is 3.19. The first-order valence-corrected chi connectivity index (χ1v) is 7.49. The molecule has 2 rings (SSSR count). The van der Waals surface area contributed by atoms with Crippen molar-refractivity contribution in [1.82, 2.24) is 4.90 Å². The topological polar surface area (TPSA) is 57.6 Å². The van der Waals surface area contributed by atoms with Crippen molar-refractivity contribution in [1.29, 1.82) is 0 Å². The van der Waals surface area contributed by atoms with Gasteiger partial charge >= 0.3 is 5.97 Å². The summed E-state index contributed by atoms with van der Waals surface area (Å²) >= 11 is 5.91. The van der Waals surface area contributed by atoms with Crippen LogP contribution in [0.5, 0.6) is 0 Å². The molecule has 1 aliphatic carbocycles. The number of hydrogen-bond acceptors (Lipinski definition) is 2. The van der Waals surface area contributed by atoms with Gasteiger partial charge in [-0.15, -0.1) is 0 Å². The summed E-state index contributed by atoms with van der Waals surface area (Å²) in [5.41, 5.74) is -0.685. The molecular weight excluding hydrogens is 290 g/mol. The molecule has 1 aromatic rings. The van der Waals surface area contributed by atoms with Gasteiger partial charge in [0.1, 0.15) is 0 Å². The van der Waals surface area contributed by atoms with Crippen LogP contribution >= 0.6 is 11.6 Å². The van der Waals surface area contributed by atoms with Crippen molar-refractivity contribution in [3.8, 4) is 0 Å². The largest absolute Gasteiger partial charge is 0.479 e. The van der Waals surface area contributed by atoms with E-state index in [9.17, 15) is 14.7 Å². The van der Waals surface area contributed by atoms with E-state index < -0.39 is 11.5 Å². The molecule has 1 aromatic carbocycles. The van der Waals surface area contributed by atoms with E-state index in [4.69, 9.17) is 11.6 Å². The van der Waals surface area contributed by atoms with Crippen LogP contribution in [-0.4, -0.2) is 27.9 Å². The lowest BCUT2D eigenvalue weighted by atomic mass is 9.82. The highest BCUT2D eigenvalue weighted by Crippen LogP contribution is 2.50. The molecule has 0 saturated heterocycles. The standard InChI is InChI=1S/C16H20ClNO3/c1-10(2)18(11(3)19)16(15(20)21,12-4-5-12)13-6-8-14(17)9-7-13/h6-10,12H,4-5H2,1-3H3,(H,20,21). The number of carboxylic acids is 1. The van der Waals surface area contributed by atoms with Crippen LogP contribution < -0.4 is 0 Å². The van der Waals surface area contributed by atoms with Gasteiger partial charge < -0.3 is 10.0 Å². The molecule has 0 aromatic heterocycles. The van der Waals surface area contributed by atoms with Crippen LogP contribution in [0.25, 0.3) is 0 Å². The molecule has 114 valence electrons. The summed E-state index contributed by atoms with van der Waals surface area (Å²) in [6.45, 7) is 5.12. The Labute approximate surface area is 129 Å². The summed E-state index contributed by atoms with van der Waals surface area (Å²) in [6.07, 6.45) is 1.62. The maximum absolute atomic E-state index is 12.2. The molecule has 0 aliphatic heterocycles. The van der Waals surface area contributed by atoms with Gasteiger partial charge in [0.2, 0.25) is 5.91 Å². The predicted octanol–water partition coefficient (Wildman–Crippen LogP) is 3.29. The van der Waals surface area contributed by atoms with Crippen LogP contribution in [0, 0.1) is 5.92 Å². The Morgan fingerprint density at radius 3 is 2.14 bits per heavy atom. The third-order valence-corrected chi connectivity index (χ3v) is 4.27. The van der Waals surface area contributed by atoms with Crippen LogP contribution in [0.15, 0.2) is 24.3 Å². The summed E-state index contributed by atoms with van der Waals surface area (Å²) in [5.74, 6) is -1.26. The number of benzene rings is 1. The Balaban J connectivity index is 2.65. The highest BCUT2D eigenvalue weighted by Gasteiger charge is 2.58. The molecule has 1 N–H and O–H groups in total. The number of aliphatic carboxylic acids is 1. The van der Waals surface area contributed by atoms with Crippen molar-refractivity contribution in [2.75, 3.05) is 0 Å². The fraction of sp³-hybridized carbons (Fsp3) is 0.500. The minimum Gasteiger partial charge on any atom is -0.479 e. The second-order valence-electron chi connectivity index (χ2n) is 5.84. The average molecular weight is 310 g/mol. The zero-order chi connectivity index (χ0) is 15.8. The van der Waals surface area contributed by atoms with Crippen molar-refractivity contribution in [3.05, 3.63) is 34.9 Å². The van der Waals surface area contributed by atoms with Gasteiger partial charge in [0.25, 0.3) is 0 Å². The van der Waals surface area contributed by atoms with Gasteiger partial charge in [0, 0.05) is 18.0 Å². The normalized spacial score (nSPS) is 17.4. The van der Waals surface area contributed by atoms with Crippen molar-refractivity contribution < 1.29 is 14.7 Å². The van der Waals surface area contributed by atoms with Crippen LogP contribution in [0.4, 0.5) is 0 Å². The van der Waals surface area contributed by atoms with E-state index in [2.05, 4.69) is 0 Å². The fourth-order valence-electron chi connectivity index (χ4n) is 3.20. The molecule has 21 heavy (non-hydrogen) atoms. The van der Waals surface area contributed by atoms with Crippen LogP contribution in [0.3, 0.4) is 0 Å². The van der Waals surface area contributed by atoms with Crippen molar-refractivity contribution in [3.63, 3.8) is 0 Å². The van der Waals surface area contributed by atoms with E-state index in [-0.39, 0.29) is 17.9 Å². The van der Waals surface area contributed by atoms with Gasteiger partial charge in [-0.3, -0.25) is 4.79 Å². The van der Waals surface area contributed by atoms with E-state index in [1.54, 1.807) is 24.3 Å². The van der Waals surface area contributed by atoms with Crippen molar-refractivity contribution in [2.24, 2.45) is 5.92 Å². The van der Waals surface area contributed by atoms with E-state index >= 15 is 0 Å². The van der Waals surface area contributed by atoms with Gasteiger partial charge in [-0.25, -0.2) is 4.79 Å². The minimum atomic E-state index is -1.30. The number of nitrogens with zero attached hydrogens (tertiary/aromatic N) is 1. The molecule has 1 saturated carbocycles. The maximum Gasteiger partial charge on any atom is 0.334 e. The lowest BCUT2D eigenvalue weighted by Gasteiger charge is -2.43. The lowest BCUT2D eigenvalue weighted by molar-refractivity contribution is -0.164. The Hall–Kier alpha value is -1.55. The van der Waals surface area contributed by atoms with E-state index in [0.29, 0.717) is 10.6 Å². The Kier molecular flexibility index (Phi) is 4.28. The number of carboxylic acid groups (broad SMARTS) is 1. The fourth-order valence-corrected chi connectivity index (χ4v) is 3.32. The lowest BCUT2D eigenvalue weighted by Crippen LogP contribution is -2.58. The van der Waals surface area contributed by atoms with Crippen molar-refractivity contribution in [2.45, 2.75) is 45.2 Å². The number of amides is 1. The Bertz CT molecular complexity index is 551. The number of halogens is 1. The first-order valence-electron chi connectivity index (χ1n) is 7.11. The van der Waals surface area contributed by atoms with Gasteiger partial charge in [-0.2, -0.15) is 0 Å². The zero-order valence-corrected chi connectivity index (χ0v) is 13.2. The molecule has 0 heterocycles. The third-order valence-electron chi connectivity index (χ3n) is 4.01. The Morgan fingerprint density at radius 2 is 1.81 bits per heavy atom. The summed E-state index contributed by atoms with van der Waals surface area (Å²) in [4.78, 5) is 25.9. The summed E-state index contributed by atoms with van der Waals surface area (Å²) in [5, 5.41) is 10.5. The van der Waals surface area contributed by atoms with Gasteiger partial charge in [-0.1, -0.05) is 23.7 Å². The highest BCUT2D eigenvalue weighted by molar-refractivity contribution is 6.30. The summed E-state index contributed by atoms with van der Waals surface area (Å²) < 4.78 is 0. The molecular formula is C16H20ClNO3. The molecule has 1 unspecified atom stereocenters. The minimum absolute atomic E-state index is 0.0533. The molecule has 4 nitrogen and oxygen atoms in total.